The first-order valence-corrected chi connectivity index (χ1v) is 9.26. The number of benzene rings is 2. The van der Waals surface area contributed by atoms with E-state index < -0.39 is 0 Å². The predicted octanol–water partition coefficient (Wildman–Crippen LogP) is 1.24. The molecule has 27 heavy (non-hydrogen) atoms. The molecule has 3 heteroatoms. The number of Topliss-reactive ketones (excluding diaryl/α,β-unsaturated/α-hetero) is 1. The topological polar surface area (TPSA) is 20.9 Å². The van der Waals surface area contributed by atoms with E-state index in [2.05, 4.69) is 79.3 Å². The lowest BCUT2D eigenvalue weighted by molar-refractivity contribution is -0.688. The quantitative estimate of drug-likeness (QED) is 0.416. The van der Waals surface area contributed by atoms with Gasteiger partial charge in [-0.25, -0.2) is 4.57 Å². The first kappa shape index (κ1) is 19.7. The molecule has 0 amide bonds. The van der Waals surface area contributed by atoms with E-state index in [9.17, 15) is 4.79 Å². The van der Waals surface area contributed by atoms with Gasteiger partial charge in [0.05, 0.1) is 0 Å². The molecule has 0 aliphatic heterocycles. The Morgan fingerprint density at radius 1 is 0.926 bits per heavy atom. The van der Waals surface area contributed by atoms with E-state index in [1.54, 1.807) is 0 Å². The van der Waals surface area contributed by atoms with Gasteiger partial charge in [0, 0.05) is 29.2 Å². The van der Waals surface area contributed by atoms with Crippen molar-refractivity contribution in [2.45, 2.75) is 33.2 Å². The summed E-state index contributed by atoms with van der Waals surface area (Å²) in [6.45, 7) is 5.07. The van der Waals surface area contributed by atoms with Crippen LogP contribution in [0.4, 0.5) is 0 Å². The van der Waals surface area contributed by atoms with Crippen molar-refractivity contribution in [1.29, 1.82) is 0 Å². The average molecular weight is 469 g/mol. The van der Waals surface area contributed by atoms with Gasteiger partial charge < -0.3 is 24.0 Å². The van der Waals surface area contributed by atoms with Gasteiger partial charge in [0.25, 0.3) is 0 Å². The van der Waals surface area contributed by atoms with Crippen molar-refractivity contribution < 1.29 is 33.3 Å². The van der Waals surface area contributed by atoms with E-state index in [1.807, 2.05) is 6.07 Å². The zero-order chi connectivity index (χ0) is 18.1. The lowest BCUT2D eigenvalue weighted by Crippen LogP contribution is -3.00. The van der Waals surface area contributed by atoms with Crippen LogP contribution in [-0.2, 0) is 19.4 Å². The number of carbonyl (C=O) groups is 1. The second-order valence-corrected chi connectivity index (χ2v) is 7.43. The fourth-order valence-electron chi connectivity index (χ4n) is 3.83. The number of halogens is 1. The summed E-state index contributed by atoms with van der Waals surface area (Å²) in [6.07, 6.45) is 5.92. The van der Waals surface area contributed by atoms with Crippen molar-refractivity contribution in [1.82, 2.24) is 0 Å². The molecule has 3 aromatic rings. The van der Waals surface area contributed by atoms with Crippen molar-refractivity contribution in [2.75, 3.05) is 0 Å². The summed E-state index contributed by atoms with van der Waals surface area (Å²) >= 11 is 0. The number of hydrogen-bond acceptors (Lipinski definition) is 1. The molecule has 1 atom stereocenters. The molecule has 0 N–H and O–H groups in total. The zero-order valence-electron chi connectivity index (χ0n) is 15.8. The minimum absolute atomic E-state index is 0. The third-order valence-electron chi connectivity index (χ3n) is 5.47. The number of nitrogens with zero attached hydrogens (tertiary/aromatic N) is 1. The summed E-state index contributed by atoms with van der Waals surface area (Å²) in [5.74, 6) is 0.389. The molecule has 0 radical (unpaired) electrons. The smallest absolute Gasteiger partial charge is 0.173 e. The van der Waals surface area contributed by atoms with Crippen LogP contribution in [0.25, 0.3) is 0 Å². The van der Waals surface area contributed by atoms with Gasteiger partial charge in [-0.2, -0.15) is 0 Å². The third kappa shape index (κ3) is 4.29. The maximum atomic E-state index is 12.8. The van der Waals surface area contributed by atoms with E-state index in [0.29, 0.717) is 5.78 Å². The highest BCUT2D eigenvalue weighted by Crippen LogP contribution is 2.31. The Hall–Kier alpha value is -2.01. The van der Waals surface area contributed by atoms with Gasteiger partial charge in [-0.15, -0.1) is 0 Å². The molecule has 1 aliphatic carbocycles. The summed E-state index contributed by atoms with van der Waals surface area (Å²) in [4.78, 5) is 12.8. The first-order chi connectivity index (χ1) is 12.6. The van der Waals surface area contributed by atoms with Crippen LogP contribution in [0.15, 0.2) is 67.0 Å². The molecule has 138 valence electrons. The summed E-state index contributed by atoms with van der Waals surface area (Å²) in [7, 11) is 0. The molecular formula is C24H24INO. The molecule has 0 bridgehead atoms. The molecule has 4 rings (SSSR count). The molecule has 0 fully saturated rings. The summed E-state index contributed by atoms with van der Waals surface area (Å²) in [5, 5.41) is 0. The third-order valence-corrected chi connectivity index (χ3v) is 5.47. The number of pyridine rings is 1. The Labute approximate surface area is 178 Å². The van der Waals surface area contributed by atoms with Gasteiger partial charge in [-0.05, 0) is 55.0 Å². The Bertz CT molecular complexity index is 948. The van der Waals surface area contributed by atoms with Crippen LogP contribution in [0.5, 0.6) is 0 Å². The molecule has 0 spiro atoms. The summed E-state index contributed by atoms with van der Waals surface area (Å²) < 4.78 is 2.18. The van der Waals surface area contributed by atoms with Crippen LogP contribution in [-0.4, -0.2) is 5.78 Å². The Morgan fingerprint density at radius 3 is 2.30 bits per heavy atom. The van der Waals surface area contributed by atoms with Crippen molar-refractivity contribution in [3.63, 3.8) is 0 Å². The van der Waals surface area contributed by atoms with Gasteiger partial charge >= 0.3 is 0 Å². The van der Waals surface area contributed by atoms with E-state index in [-0.39, 0.29) is 29.9 Å². The minimum atomic E-state index is 0. The normalized spacial score (nSPS) is 15.3. The van der Waals surface area contributed by atoms with E-state index >= 15 is 0 Å². The fraction of sp³-hybridized carbons (Fsp3) is 0.250. The van der Waals surface area contributed by atoms with Crippen molar-refractivity contribution in [3.05, 3.63) is 100 Å². The number of carbonyl (C=O) groups excluding carboxylic acids is 1. The molecule has 1 heterocycles. The minimum Gasteiger partial charge on any atom is -1.00 e. The highest BCUT2D eigenvalue weighted by atomic mass is 127. The molecule has 1 aliphatic rings. The molecule has 2 nitrogen and oxygen atoms in total. The molecule has 1 unspecified atom stereocenters. The predicted molar refractivity (Wildman–Crippen MR) is 103 cm³/mol. The molecule has 2 aromatic carbocycles. The lowest BCUT2D eigenvalue weighted by Gasteiger charge is -2.07. The van der Waals surface area contributed by atoms with Crippen LogP contribution >= 0.6 is 0 Å². The van der Waals surface area contributed by atoms with Gasteiger partial charge in [0.15, 0.2) is 24.7 Å². The van der Waals surface area contributed by atoms with Crippen LogP contribution in [0.1, 0.15) is 38.2 Å². The van der Waals surface area contributed by atoms with E-state index in [1.165, 1.54) is 27.8 Å². The molecule has 0 saturated carbocycles. The highest BCUT2D eigenvalue weighted by molar-refractivity contribution is 6.02. The van der Waals surface area contributed by atoms with Crippen LogP contribution < -0.4 is 28.5 Å². The van der Waals surface area contributed by atoms with Crippen LogP contribution in [0.3, 0.4) is 0 Å². The van der Waals surface area contributed by atoms with Gasteiger partial charge in [0.2, 0.25) is 0 Å². The lowest BCUT2D eigenvalue weighted by atomic mass is 9.96. The number of hydrogen-bond donors (Lipinski definition) is 0. The van der Waals surface area contributed by atoms with Gasteiger partial charge in [-0.3, -0.25) is 4.79 Å². The summed E-state index contributed by atoms with van der Waals surface area (Å²) in [6, 6.07) is 19.0. The van der Waals surface area contributed by atoms with E-state index in [0.717, 1.165) is 24.9 Å². The number of ketones is 1. The van der Waals surface area contributed by atoms with Crippen LogP contribution in [0.2, 0.25) is 0 Å². The van der Waals surface area contributed by atoms with Crippen molar-refractivity contribution >= 4 is 5.78 Å². The Kier molecular flexibility index (Phi) is 6.10. The van der Waals surface area contributed by atoms with Crippen molar-refractivity contribution in [2.24, 2.45) is 5.92 Å². The Balaban J connectivity index is 0.00000210. The maximum Gasteiger partial charge on any atom is 0.173 e. The standard InChI is InChI=1S/C24H24NO.HI/c1-17-12-21-15-22(24(26)23(21)13-18(17)2)14-19-8-10-25(11-9-19)16-20-6-4-3-5-7-20;/h3-13,22H,14-16H2,1-2H3;1H/q+1;/p-1. The average Bonchev–Trinajstić information content (AvgIpc) is 2.93. The van der Waals surface area contributed by atoms with Crippen LogP contribution in [0, 0.1) is 19.8 Å². The molecule has 0 saturated heterocycles. The molecule has 1 aromatic heterocycles. The van der Waals surface area contributed by atoms with Crippen molar-refractivity contribution in [3.8, 4) is 0 Å². The number of rotatable bonds is 4. The number of fused-ring (bicyclic) bond motifs is 1. The Morgan fingerprint density at radius 2 is 1.59 bits per heavy atom. The second-order valence-electron chi connectivity index (χ2n) is 7.43. The summed E-state index contributed by atoms with van der Waals surface area (Å²) in [5.41, 5.74) is 7.16. The monoisotopic (exact) mass is 469 g/mol. The number of aryl methyl sites for hydroxylation is 2. The van der Waals surface area contributed by atoms with E-state index in [4.69, 9.17) is 0 Å². The fourth-order valence-corrected chi connectivity index (χ4v) is 3.83. The van der Waals surface area contributed by atoms with Gasteiger partial charge in [-0.1, -0.05) is 36.4 Å². The SMILES string of the molecule is Cc1cc2c(cc1C)C(=O)C(Cc1cc[n+](Cc3ccccc3)cc1)C2.[I-]. The maximum absolute atomic E-state index is 12.8. The largest absolute Gasteiger partial charge is 1.00 e. The first-order valence-electron chi connectivity index (χ1n) is 9.26. The van der Waals surface area contributed by atoms with Gasteiger partial charge in [0.1, 0.15) is 0 Å². The highest BCUT2D eigenvalue weighted by Gasteiger charge is 2.31. The molecular weight excluding hydrogens is 445 g/mol. The second kappa shape index (κ2) is 8.34. The zero-order valence-corrected chi connectivity index (χ0v) is 17.9. The number of aromatic nitrogens is 1.